The van der Waals surface area contributed by atoms with Gasteiger partial charge in [-0.25, -0.2) is 4.99 Å². The third-order valence-electron chi connectivity index (χ3n) is 11.4. The molecule has 3 unspecified atom stereocenters. The van der Waals surface area contributed by atoms with Crippen molar-refractivity contribution in [2.24, 2.45) is 9.98 Å². The first-order valence-corrected chi connectivity index (χ1v) is 22.6. The van der Waals surface area contributed by atoms with Crippen molar-refractivity contribution in [3.8, 4) is 11.5 Å². The van der Waals surface area contributed by atoms with Crippen molar-refractivity contribution in [1.82, 2.24) is 9.97 Å². The van der Waals surface area contributed by atoms with Crippen LogP contribution in [-0.2, 0) is 4.87 Å². The van der Waals surface area contributed by atoms with Crippen LogP contribution in [0.3, 0.4) is 0 Å². The predicted octanol–water partition coefficient (Wildman–Crippen LogP) is 9.51. The van der Waals surface area contributed by atoms with Gasteiger partial charge in [0.15, 0.2) is 5.00 Å². The molecule has 0 spiro atoms. The van der Waals surface area contributed by atoms with Gasteiger partial charge in [0.2, 0.25) is 0 Å². The Morgan fingerprint density at radius 1 is 0.678 bits per heavy atom. The van der Waals surface area contributed by atoms with E-state index in [2.05, 4.69) is 108 Å². The van der Waals surface area contributed by atoms with Crippen molar-refractivity contribution in [1.29, 1.82) is 0 Å². The van der Waals surface area contributed by atoms with E-state index >= 15 is 0 Å². The van der Waals surface area contributed by atoms with Gasteiger partial charge < -0.3 is 28.4 Å². The van der Waals surface area contributed by atoms with Gasteiger partial charge >= 0.3 is 0 Å². The second kappa shape index (κ2) is 19.7. The van der Waals surface area contributed by atoms with Gasteiger partial charge in [-0.3, -0.25) is 4.99 Å². The van der Waals surface area contributed by atoms with Gasteiger partial charge in [0.05, 0.1) is 85.7 Å². The number of nitrogens with zero attached hydrogens (tertiary/aromatic N) is 4. The van der Waals surface area contributed by atoms with Crippen molar-refractivity contribution in [2.75, 3.05) is 68.6 Å². The third kappa shape index (κ3) is 12.8. The molecule has 2 aromatic heterocycles. The highest BCUT2D eigenvalue weighted by atomic mass is 35.5. The minimum absolute atomic E-state index is 0.366. The molecule has 8 nitrogen and oxygen atoms in total. The SMILES string of the molecule is CCCCCCC(CCCCC1(Cl)c2ccc([nH]2)C=c2ccc([nH]2)=CC2=NC(=CC3=NC1(Cl)C=C3)C=C2)c1cc(OCCC[N+](C)(C)C)cc(OCCC[N+](C)(C)C)c1. The van der Waals surface area contributed by atoms with E-state index in [0.29, 0.717) is 25.6 Å². The van der Waals surface area contributed by atoms with Gasteiger partial charge in [-0.15, -0.1) is 11.6 Å². The number of fused-ring (bicyclic) bond motifs is 6. The van der Waals surface area contributed by atoms with Gasteiger partial charge in [-0.05, 0) is 110 Å². The quantitative estimate of drug-likeness (QED) is 0.0486. The van der Waals surface area contributed by atoms with E-state index in [4.69, 9.17) is 42.7 Å². The van der Waals surface area contributed by atoms with Crippen molar-refractivity contribution in [3.05, 3.63) is 106 Å². The largest absolute Gasteiger partial charge is 0.493 e. The van der Waals surface area contributed by atoms with Crippen LogP contribution in [-0.4, -0.2) is 104 Å². The van der Waals surface area contributed by atoms with Crippen molar-refractivity contribution >= 4 is 46.8 Å². The lowest BCUT2D eigenvalue weighted by Crippen LogP contribution is -2.40. The molecule has 0 fully saturated rings. The zero-order valence-corrected chi connectivity index (χ0v) is 38.1. The van der Waals surface area contributed by atoms with Crippen LogP contribution in [0.5, 0.6) is 11.5 Å². The van der Waals surface area contributed by atoms with Crippen LogP contribution < -0.4 is 20.2 Å². The Labute approximate surface area is 363 Å². The van der Waals surface area contributed by atoms with E-state index < -0.39 is 9.87 Å². The summed E-state index contributed by atoms with van der Waals surface area (Å²) in [6.07, 6.45) is 25.6. The summed E-state index contributed by atoms with van der Waals surface area (Å²) in [5, 5.41) is 1.97. The number of unbranched alkanes of at least 4 members (excludes halogenated alkanes) is 4. The van der Waals surface area contributed by atoms with E-state index in [1.54, 1.807) is 0 Å². The van der Waals surface area contributed by atoms with Gasteiger partial charge in [-0.2, -0.15) is 0 Å². The smallest absolute Gasteiger partial charge is 0.177 e. The Morgan fingerprint density at radius 2 is 1.34 bits per heavy atom. The molecule has 59 heavy (non-hydrogen) atoms. The van der Waals surface area contributed by atoms with Crippen LogP contribution in [0.25, 0.3) is 12.2 Å². The Bertz CT molecular complexity index is 2120. The first-order chi connectivity index (χ1) is 28.1. The van der Waals surface area contributed by atoms with Crippen LogP contribution in [0, 0.1) is 0 Å². The van der Waals surface area contributed by atoms with Crippen LogP contribution >= 0.6 is 23.2 Å². The molecular formula is C49H68Cl2N6O2+2. The Hall–Kier alpha value is -3.82. The minimum atomic E-state index is -1.18. The fourth-order valence-corrected chi connectivity index (χ4v) is 8.83. The Kier molecular flexibility index (Phi) is 14.9. The molecule has 0 amide bonds. The van der Waals surface area contributed by atoms with Crippen LogP contribution in [0.2, 0.25) is 0 Å². The van der Waals surface area contributed by atoms with E-state index in [9.17, 15) is 0 Å². The van der Waals surface area contributed by atoms with Gasteiger partial charge in [0.25, 0.3) is 0 Å². The van der Waals surface area contributed by atoms with Crippen molar-refractivity contribution < 1.29 is 18.4 Å². The number of quaternary nitrogens is 2. The average Bonchev–Trinajstić information content (AvgIpc) is 4.00. The molecule has 0 aliphatic carbocycles. The minimum Gasteiger partial charge on any atom is -0.493 e. The van der Waals surface area contributed by atoms with Crippen LogP contribution in [0.15, 0.2) is 88.5 Å². The molecule has 3 aliphatic heterocycles. The molecule has 0 radical (unpaired) electrons. The number of aromatic nitrogens is 2. The van der Waals surface area contributed by atoms with Crippen molar-refractivity contribution in [3.63, 3.8) is 0 Å². The molecule has 8 bridgehead atoms. The maximum Gasteiger partial charge on any atom is 0.177 e. The molecule has 2 N–H and O–H groups in total. The summed E-state index contributed by atoms with van der Waals surface area (Å²) in [6, 6.07) is 14.9. The lowest BCUT2D eigenvalue weighted by molar-refractivity contribution is -0.870. The molecule has 6 rings (SSSR count). The summed E-state index contributed by atoms with van der Waals surface area (Å²) in [4.78, 5) is 14.8. The number of ether oxygens (including phenoxy) is 2. The van der Waals surface area contributed by atoms with Gasteiger partial charge in [-0.1, -0.05) is 57.0 Å². The molecule has 10 heteroatoms. The highest BCUT2D eigenvalue weighted by Gasteiger charge is 2.51. The molecule has 318 valence electrons. The first-order valence-electron chi connectivity index (χ1n) is 21.8. The standard InChI is InChI=1S/C49H68Cl2N6O2/c1-8-9-10-11-16-37(38-31-45(58-29-14-27-56(2,3)4)36-46(32-38)59-30-15-28-57(5,6)7)17-12-13-25-48(50)47-23-22-43(54-47)34-41-19-18-39(52-41)33-40-20-21-42(53-40)35-44-24-26-49(48,51)55-44/h18-24,26,31-37,52,54H,8-17,25,27-30H2,1-7H3/q+2. The second-order valence-electron chi connectivity index (χ2n) is 18.7. The molecule has 3 aromatic rings. The number of allylic oxidation sites excluding steroid dienone is 4. The zero-order chi connectivity index (χ0) is 42.1. The van der Waals surface area contributed by atoms with Crippen molar-refractivity contribution in [2.45, 2.75) is 93.3 Å². The Morgan fingerprint density at radius 3 is 2.00 bits per heavy atom. The molecule has 5 heterocycles. The number of alkyl halides is 2. The topological polar surface area (TPSA) is 74.8 Å². The number of H-pyrrole nitrogens is 2. The number of hydrogen-bond donors (Lipinski definition) is 2. The van der Waals surface area contributed by atoms with E-state index in [1.165, 1.54) is 31.2 Å². The number of benzene rings is 1. The normalized spacial score (nSPS) is 20.5. The fourth-order valence-electron chi connectivity index (χ4n) is 8.13. The zero-order valence-electron chi connectivity index (χ0n) is 36.6. The predicted molar refractivity (Wildman–Crippen MR) is 249 cm³/mol. The number of hydrogen-bond acceptors (Lipinski definition) is 4. The van der Waals surface area contributed by atoms with Crippen LogP contribution in [0.1, 0.15) is 100 Å². The lowest BCUT2D eigenvalue weighted by Gasteiger charge is -2.36. The van der Waals surface area contributed by atoms with Gasteiger partial charge in [0, 0.05) is 41.0 Å². The fraction of sp³-hybridized carbons (Fsp3) is 0.510. The lowest BCUT2D eigenvalue weighted by atomic mass is 9.85. The molecule has 3 aliphatic rings. The summed E-state index contributed by atoms with van der Waals surface area (Å²) in [7, 11) is 13.4. The maximum absolute atomic E-state index is 7.85. The second-order valence-corrected chi connectivity index (χ2v) is 20.0. The summed E-state index contributed by atoms with van der Waals surface area (Å²) in [6.45, 7) is 5.75. The van der Waals surface area contributed by atoms with Crippen LogP contribution in [0.4, 0.5) is 0 Å². The summed E-state index contributed by atoms with van der Waals surface area (Å²) < 4.78 is 14.7. The molecule has 0 saturated heterocycles. The van der Waals surface area contributed by atoms with E-state index in [1.807, 2.05) is 36.5 Å². The summed E-state index contributed by atoms with van der Waals surface area (Å²) in [5.74, 6) is 2.17. The highest BCUT2D eigenvalue weighted by molar-refractivity contribution is 6.37. The number of rotatable bonds is 21. The maximum atomic E-state index is 7.85. The average molecular weight is 844 g/mol. The number of aliphatic imine (C=N–C) groups is 2. The number of aromatic amines is 2. The highest BCUT2D eigenvalue weighted by Crippen LogP contribution is 2.51. The summed E-state index contributed by atoms with van der Waals surface area (Å²) in [5.41, 5.74) is 5.56. The van der Waals surface area contributed by atoms with E-state index in [-0.39, 0.29) is 0 Å². The Balaban J connectivity index is 1.23. The number of halogens is 2. The molecule has 3 atom stereocenters. The number of nitrogens with one attached hydrogen (secondary N) is 2. The third-order valence-corrected chi connectivity index (χ3v) is 12.7. The summed E-state index contributed by atoms with van der Waals surface area (Å²) >= 11 is 15.4. The molecular weight excluding hydrogens is 775 g/mol. The molecule has 0 saturated carbocycles. The first kappa shape index (κ1) is 44.7. The molecule has 1 aromatic carbocycles. The van der Waals surface area contributed by atoms with E-state index in [0.717, 1.165) is 111 Å². The van der Waals surface area contributed by atoms with Gasteiger partial charge in [0.1, 0.15) is 16.4 Å². The monoisotopic (exact) mass is 842 g/mol.